The van der Waals surface area contributed by atoms with E-state index in [0.717, 1.165) is 11.8 Å². The lowest BCUT2D eigenvalue weighted by atomic mass is 10.1. The number of aryl methyl sites for hydroxylation is 1. The first kappa shape index (κ1) is 13.6. The summed E-state index contributed by atoms with van der Waals surface area (Å²) >= 11 is 0. The molecule has 102 valence electrons. The van der Waals surface area contributed by atoms with Gasteiger partial charge in [-0.2, -0.15) is 13.6 Å². The summed E-state index contributed by atoms with van der Waals surface area (Å²) in [6.45, 7) is 1.75. The number of aromatic nitrogens is 4. The zero-order chi connectivity index (χ0) is 14.0. The molecule has 1 aromatic heterocycles. The molecule has 2 rings (SSSR count). The smallest absolute Gasteiger partial charge is 0.254 e. The Hall–Kier alpha value is -1.87. The van der Waals surface area contributed by atoms with Crippen LogP contribution >= 0.6 is 0 Å². The van der Waals surface area contributed by atoms with Crippen LogP contribution in [0.3, 0.4) is 0 Å². The molecule has 19 heavy (non-hydrogen) atoms. The Bertz CT molecular complexity index is 672. The van der Waals surface area contributed by atoms with Crippen molar-refractivity contribution in [1.29, 1.82) is 0 Å². The molecule has 0 saturated heterocycles. The van der Waals surface area contributed by atoms with Crippen LogP contribution in [-0.2, 0) is 14.3 Å². The van der Waals surface area contributed by atoms with Gasteiger partial charge in [-0.25, -0.2) is 4.39 Å². The van der Waals surface area contributed by atoms with Gasteiger partial charge in [0, 0.05) is 5.56 Å². The third-order valence-electron chi connectivity index (χ3n) is 2.30. The number of benzene rings is 1. The summed E-state index contributed by atoms with van der Waals surface area (Å²) < 4.78 is 41.2. The SMILES string of the molecule is Cc1ccc(F)c(C(OS(C)(=O)=O)c2nn[nH]n2)c1. The quantitative estimate of drug-likeness (QED) is 0.831. The van der Waals surface area contributed by atoms with Crippen molar-refractivity contribution in [3.63, 3.8) is 0 Å². The van der Waals surface area contributed by atoms with Crippen molar-refractivity contribution >= 4 is 10.1 Å². The van der Waals surface area contributed by atoms with Crippen molar-refractivity contribution in [2.75, 3.05) is 6.26 Å². The summed E-state index contributed by atoms with van der Waals surface area (Å²) in [5.74, 6) is -0.668. The molecular weight excluding hydrogens is 275 g/mol. The number of hydrogen-bond acceptors (Lipinski definition) is 6. The molecule has 1 aromatic carbocycles. The van der Waals surface area contributed by atoms with Crippen molar-refractivity contribution in [3.05, 3.63) is 41.0 Å². The van der Waals surface area contributed by atoms with Gasteiger partial charge in [0.1, 0.15) is 5.82 Å². The second kappa shape index (κ2) is 5.02. The van der Waals surface area contributed by atoms with Crippen molar-refractivity contribution in [2.24, 2.45) is 0 Å². The van der Waals surface area contributed by atoms with Gasteiger partial charge < -0.3 is 0 Å². The Morgan fingerprint density at radius 3 is 2.74 bits per heavy atom. The molecule has 0 fully saturated rings. The number of aromatic amines is 1. The van der Waals surface area contributed by atoms with E-state index in [1.807, 2.05) is 0 Å². The lowest BCUT2D eigenvalue weighted by molar-refractivity contribution is 0.240. The second-order valence-electron chi connectivity index (χ2n) is 3.98. The lowest BCUT2D eigenvalue weighted by Crippen LogP contribution is -2.15. The monoisotopic (exact) mass is 286 g/mol. The number of halogens is 1. The van der Waals surface area contributed by atoms with Crippen molar-refractivity contribution in [3.8, 4) is 0 Å². The first-order valence-electron chi connectivity index (χ1n) is 5.24. The summed E-state index contributed by atoms with van der Waals surface area (Å²) in [7, 11) is -3.82. The molecule has 0 aliphatic rings. The molecule has 2 aromatic rings. The van der Waals surface area contributed by atoms with Crippen LogP contribution in [0.1, 0.15) is 23.1 Å². The van der Waals surface area contributed by atoms with E-state index in [2.05, 4.69) is 20.6 Å². The van der Waals surface area contributed by atoms with Crippen molar-refractivity contribution in [1.82, 2.24) is 20.6 Å². The van der Waals surface area contributed by atoms with Gasteiger partial charge in [-0.15, -0.1) is 10.2 Å². The van der Waals surface area contributed by atoms with Gasteiger partial charge in [0.05, 0.1) is 6.26 Å². The fraction of sp³-hybridized carbons (Fsp3) is 0.300. The van der Waals surface area contributed by atoms with Crippen molar-refractivity contribution < 1.29 is 17.0 Å². The minimum Gasteiger partial charge on any atom is -0.254 e. The van der Waals surface area contributed by atoms with Crippen LogP contribution in [0.2, 0.25) is 0 Å². The number of tetrazole rings is 1. The number of nitrogens with one attached hydrogen (secondary N) is 1. The lowest BCUT2D eigenvalue weighted by Gasteiger charge is -2.14. The fourth-order valence-corrected chi connectivity index (χ4v) is 2.09. The molecule has 9 heteroatoms. The number of rotatable bonds is 4. The first-order valence-corrected chi connectivity index (χ1v) is 7.06. The molecular formula is C10H11FN4O3S. The number of hydrogen-bond donors (Lipinski definition) is 1. The van der Waals surface area contributed by atoms with E-state index in [0.29, 0.717) is 0 Å². The first-order chi connectivity index (χ1) is 8.87. The topological polar surface area (TPSA) is 97.8 Å². The second-order valence-corrected chi connectivity index (χ2v) is 5.58. The molecule has 0 amide bonds. The van der Waals surface area contributed by atoms with E-state index in [-0.39, 0.29) is 11.4 Å². The van der Waals surface area contributed by atoms with Gasteiger partial charge in [0.25, 0.3) is 10.1 Å². The third kappa shape index (κ3) is 3.32. The highest BCUT2D eigenvalue weighted by Gasteiger charge is 2.27. The van der Waals surface area contributed by atoms with Crippen LogP contribution in [0.5, 0.6) is 0 Å². The molecule has 0 spiro atoms. The molecule has 7 nitrogen and oxygen atoms in total. The fourth-order valence-electron chi connectivity index (χ4n) is 1.55. The van der Waals surface area contributed by atoms with E-state index < -0.39 is 22.0 Å². The van der Waals surface area contributed by atoms with Gasteiger partial charge in [-0.3, -0.25) is 4.18 Å². The molecule has 1 heterocycles. The zero-order valence-corrected chi connectivity index (χ0v) is 11.0. The molecule has 0 saturated carbocycles. The average molecular weight is 286 g/mol. The molecule has 0 aliphatic carbocycles. The highest BCUT2D eigenvalue weighted by Crippen LogP contribution is 2.27. The summed E-state index contributed by atoms with van der Waals surface area (Å²) in [6.07, 6.45) is -0.401. The van der Waals surface area contributed by atoms with Crippen LogP contribution in [0.25, 0.3) is 0 Å². The average Bonchev–Trinajstić information content (AvgIpc) is 2.82. The maximum Gasteiger partial charge on any atom is 0.265 e. The molecule has 0 aliphatic heterocycles. The predicted molar refractivity (Wildman–Crippen MR) is 63.1 cm³/mol. The Labute approximate surface area is 108 Å². The zero-order valence-electron chi connectivity index (χ0n) is 10.2. The number of nitrogens with zero attached hydrogens (tertiary/aromatic N) is 3. The van der Waals surface area contributed by atoms with E-state index in [1.54, 1.807) is 13.0 Å². The minimum absolute atomic E-state index is 0.0341. The molecule has 0 radical (unpaired) electrons. The van der Waals surface area contributed by atoms with E-state index in [4.69, 9.17) is 4.18 Å². The summed E-state index contributed by atoms with van der Waals surface area (Å²) in [5.41, 5.74) is 0.786. The van der Waals surface area contributed by atoms with Crippen LogP contribution in [0, 0.1) is 12.7 Å². The summed E-state index contributed by atoms with van der Waals surface area (Å²) in [5, 5.41) is 12.8. The maximum absolute atomic E-state index is 13.8. The third-order valence-corrected chi connectivity index (χ3v) is 2.84. The van der Waals surface area contributed by atoms with Gasteiger partial charge in [-0.05, 0) is 13.0 Å². The van der Waals surface area contributed by atoms with Crippen LogP contribution in [0.4, 0.5) is 4.39 Å². The normalized spacial score (nSPS) is 13.4. The van der Waals surface area contributed by atoms with Gasteiger partial charge in [-0.1, -0.05) is 22.9 Å². The number of H-pyrrole nitrogens is 1. The van der Waals surface area contributed by atoms with Gasteiger partial charge >= 0.3 is 0 Å². The standard InChI is InChI=1S/C10H11FN4O3S/c1-6-3-4-8(11)7(5-6)9(18-19(2,16)17)10-12-14-15-13-10/h3-5,9H,1-2H3,(H,12,13,14,15). The Morgan fingerprint density at radius 1 is 1.42 bits per heavy atom. The summed E-state index contributed by atoms with van der Waals surface area (Å²) in [6, 6.07) is 4.26. The Balaban J connectivity index is 2.51. The Kier molecular flexibility index (Phi) is 3.58. The van der Waals surface area contributed by atoms with Crippen LogP contribution in [0.15, 0.2) is 18.2 Å². The van der Waals surface area contributed by atoms with Crippen LogP contribution in [-0.4, -0.2) is 35.3 Å². The van der Waals surface area contributed by atoms with Gasteiger partial charge in [0.2, 0.25) is 5.82 Å². The molecule has 1 atom stereocenters. The molecule has 1 N–H and O–H groups in total. The van der Waals surface area contributed by atoms with E-state index in [9.17, 15) is 12.8 Å². The minimum atomic E-state index is -3.82. The Morgan fingerprint density at radius 2 is 2.16 bits per heavy atom. The van der Waals surface area contributed by atoms with Crippen molar-refractivity contribution in [2.45, 2.75) is 13.0 Å². The largest absolute Gasteiger partial charge is 0.265 e. The van der Waals surface area contributed by atoms with Gasteiger partial charge in [0.15, 0.2) is 6.10 Å². The van der Waals surface area contributed by atoms with E-state index >= 15 is 0 Å². The molecule has 0 bridgehead atoms. The highest BCUT2D eigenvalue weighted by atomic mass is 32.2. The summed E-state index contributed by atoms with van der Waals surface area (Å²) in [4.78, 5) is 0. The molecule has 1 unspecified atom stereocenters. The van der Waals surface area contributed by atoms with E-state index in [1.165, 1.54) is 12.1 Å². The van der Waals surface area contributed by atoms with Crippen LogP contribution < -0.4 is 0 Å². The maximum atomic E-state index is 13.8. The predicted octanol–water partition coefficient (Wildman–Crippen LogP) is 0.713. The highest BCUT2D eigenvalue weighted by molar-refractivity contribution is 7.86.